The minimum Gasteiger partial charge on any atom is -0.490 e. The van der Waals surface area contributed by atoms with Crippen molar-refractivity contribution in [3.8, 4) is 17.6 Å². The van der Waals surface area contributed by atoms with Crippen LogP contribution in [0.4, 0.5) is 0 Å². The summed E-state index contributed by atoms with van der Waals surface area (Å²) in [5, 5.41) is 13.3. The molecule has 1 aliphatic rings. The molecule has 0 spiro atoms. The van der Waals surface area contributed by atoms with Gasteiger partial charge in [-0.1, -0.05) is 24.3 Å². The number of nitriles is 1. The number of nitrogens with zero attached hydrogens (tertiary/aromatic N) is 2. The van der Waals surface area contributed by atoms with Crippen LogP contribution >= 0.6 is 0 Å². The third-order valence-corrected chi connectivity index (χ3v) is 4.95. The van der Waals surface area contributed by atoms with E-state index in [1.54, 1.807) is 0 Å². The molecule has 0 radical (unpaired) electrons. The quantitative estimate of drug-likeness (QED) is 0.759. The first-order valence-corrected chi connectivity index (χ1v) is 9.30. The van der Waals surface area contributed by atoms with E-state index in [-0.39, 0.29) is 12.5 Å². The average Bonchev–Trinajstić information content (AvgIpc) is 2.86. The zero-order valence-electron chi connectivity index (χ0n) is 15.7. The zero-order valence-corrected chi connectivity index (χ0v) is 15.7. The van der Waals surface area contributed by atoms with Crippen LogP contribution < -0.4 is 14.8 Å². The molecule has 1 aliphatic heterocycles. The number of ether oxygens (including phenoxy) is 2. The molecular weight excluding hydrogens is 354 g/mol. The summed E-state index contributed by atoms with van der Waals surface area (Å²) < 4.78 is 13.2. The molecule has 2 aromatic carbocycles. The molecular formula is C22H21N3O3. The summed E-state index contributed by atoms with van der Waals surface area (Å²) in [5.74, 6) is 1.35. The second kappa shape index (κ2) is 7.65. The summed E-state index contributed by atoms with van der Waals surface area (Å²) in [6.07, 6.45) is 0.857. The lowest BCUT2D eigenvalue weighted by atomic mass is 10.1. The highest BCUT2D eigenvalue weighted by molar-refractivity contribution is 5.89. The molecule has 0 unspecified atom stereocenters. The van der Waals surface area contributed by atoms with E-state index in [1.165, 1.54) is 0 Å². The van der Waals surface area contributed by atoms with Crippen LogP contribution in [0.2, 0.25) is 0 Å². The van der Waals surface area contributed by atoms with Gasteiger partial charge in [0, 0.05) is 24.0 Å². The maximum Gasteiger partial charge on any atom is 0.240 e. The molecule has 2 heterocycles. The van der Waals surface area contributed by atoms with Gasteiger partial charge in [0.2, 0.25) is 5.91 Å². The van der Waals surface area contributed by atoms with Gasteiger partial charge < -0.3 is 19.4 Å². The molecule has 1 N–H and O–H groups in total. The van der Waals surface area contributed by atoms with Crippen LogP contribution in [-0.4, -0.2) is 23.7 Å². The first kappa shape index (κ1) is 17.9. The van der Waals surface area contributed by atoms with Crippen molar-refractivity contribution in [2.45, 2.75) is 26.4 Å². The fourth-order valence-electron chi connectivity index (χ4n) is 3.49. The molecule has 6 heteroatoms. The number of carbonyl (C=O) groups excluding carboxylic acids is 1. The van der Waals surface area contributed by atoms with E-state index >= 15 is 0 Å². The van der Waals surface area contributed by atoms with Crippen LogP contribution in [0.3, 0.4) is 0 Å². The first-order valence-electron chi connectivity index (χ1n) is 9.30. The Hall–Kier alpha value is -3.46. The van der Waals surface area contributed by atoms with E-state index in [2.05, 4.69) is 11.4 Å². The largest absolute Gasteiger partial charge is 0.490 e. The van der Waals surface area contributed by atoms with Gasteiger partial charge in [-0.2, -0.15) is 5.26 Å². The summed E-state index contributed by atoms with van der Waals surface area (Å²) in [7, 11) is 0. The second-order valence-electron chi connectivity index (χ2n) is 6.78. The Labute approximate surface area is 163 Å². The minimum atomic E-state index is -0.111. The SMILES string of the molecule is Cc1c(C#N)c2ccccc2n1CC(=O)NCc1ccc2c(c1)OCCCO2. The second-order valence-corrected chi connectivity index (χ2v) is 6.78. The standard InChI is InChI=1S/C22H21N3O3/c1-15-18(12-23)17-5-2-3-6-19(17)25(15)14-22(26)24-13-16-7-8-20-21(11-16)28-10-4-9-27-20/h2-3,5-8,11H,4,9-10,13-14H2,1H3,(H,24,26). The third-order valence-electron chi connectivity index (χ3n) is 4.95. The predicted molar refractivity (Wildman–Crippen MR) is 105 cm³/mol. The lowest BCUT2D eigenvalue weighted by Gasteiger charge is -2.11. The monoisotopic (exact) mass is 375 g/mol. The van der Waals surface area contributed by atoms with Gasteiger partial charge in [0.25, 0.3) is 0 Å². The highest BCUT2D eigenvalue weighted by Crippen LogP contribution is 2.30. The molecule has 1 amide bonds. The summed E-state index contributed by atoms with van der Waals surface area (Å²) in [5.41, 5.74) is 3.26. The lowest BCUT2D eigenvalue weighted by Crippen LogP contribution is -2.27. The molecule has 0 bridgehead atoms. The topological polar surface area (TPSA) is 76.3 Å². The van der Waals surface area contributed by atoms with Gasteiger partial charge in [0.1, 0.15) is 12.6 Å². The number of hydrogen-bond acceptors (Lipinski definition) is 4. The molecule has 4 rings (SSSR count). The highest BCUT2D eigenvalue weighted by atomic mass is 16.5. The van der Waals surface area contributed by atoms with Crippen molar-refractivity contribution in [2.75, 3.05) is 13.2 Å². The molecule has 6 nitrogen and oxygen atoms in total. The molecule has 0 saturated heterocycles. The molecule has 1 aromatic heterocycles. The van der Waals surface area contributed by atoms with Crippen LogP contribution in [0.25, 0.3) is 10.9 Å². The van der Waals surface area contributed by atoms with Crippen molar-refractivity contribution in [3.05, 3.63) is 59.3 Å². The Morgan fingerprint density at radius 3 is 2.79 bits per heavy atom. The molecule has 0 atom stereocenters. The van der Waals surface area contributed by atoms with Crippen LogP contribution in [0, 0.1) is 18.3 Å². The van der Waals surface area contributed by atoms with Crippen LogP contribution in [0.15, 0.2) is 42.5 Å². The average molecular weight is 375 g/mol. The van der Waals surface area contributed by atoms with Crippen LogP contribution in [0.1, 0.15) is 23.2 Å². The van der Waals surface area contributed by atoms with E-state index in [9.17, 15) is 10.1 Å². The van der Waals surface area contributed by atoms with Gasteiger partial charge in [0.05, 0.1) is 24.3 Å². The van der Waals surface area contributed by atoms with Crippen LogP contribution in [0.5, 0.6) is 11.5 Å². The fraction of sp³-hybridized carbons (Fsp3) is 0.273. The Morgan fingerprint density at radius 2 is 1.96 bits per heavy atom. The van der Waals surface area contributed by atoms with Crippen molar-refractivity contribution in [1.82, 2.24) is 9.88 Å². The minimum absolute atomic E-state index is 0.111. The highest BCUT2D eigenvalue weighted by Gasteiger charge is 2.16. The molecule has 0 saturated carbocycles. The Bertz CT molecular complexity index is 1080. The number of carbonyl (C=O) groups is 1. The molecule has 3 aromatic rings. The van der Waals surface area contributed by atoms with Crippen molar-refractivity contribution in [2.24, 2.45) is 0 Å². The molecule has 28 heavy (non-hydrogen) atoms. The Balaban J connectivity index is 1.47. The van der Waals surface area contributed by atoms with Gasteiger partial charge >= 0.3 is 0 Å². The number of benzene rings is 2. The summed E-state index contributed by atoms with van der Waals surface area (Å²) in [4.78, 5) is 12.6. The van der Waals surface area contributed by atoms with Crippen LogP contribution in [-0.2, 0) is 17.9 Å². The number of aromatic nitrogens is 1. The summed E-state index contributed by atoms with van der Waals surface area (Å²) >= 11 is 0. The maximum atomic E-state index is 12.6. The third kappa shape index (κ3) is 3.39. The van der Waals surface area contributed by atoms with Crippen molar-refractivity contribution < 1.29 is 14.3 Å². The van der Waals surface area contributed by atoms with Gasteiger partial charge in [-0.25, -0.2) is 0 Å². The van der Waals surface area contributed by atoms with E-state index in [0.717, 1.165) is 40.1 Å². The summed E-state index contributed by atoms with van der Waals surface area (Å²) in [6.45, 7) is 3.72. The number of para-hydroxylation sites is 1. The molecule has 142 valence electrons. The first-order chi connectivity index (χ1) is 13.7. The van der Waals surface area contributed by atoms with E-state index < -0.39 is 0 Å². The zero-order chi connectivity index (χ0) is 19.5. The number of nitrogens with one attached hydrogen (secondary N) is 1. The van der Waals surface area contributed by atoms with E-state index in [4.69, 9.17) is 9.47 Å². The van der Waals surface area contributed by atoms with Gasteiger partial charge in [0.15, 0.2) is 11.5 Å². The van der Waals surface area contributed by atoms with Gasteiger partial charge in [-0.15, -0.1) is 0 Å². The Kier molecular flexibility index (Phi) is 4.90. The smallest absolute Gasteiger partial charge is 0.240 e. The maximum absolute atomic E-state index is 12.6. The van der Waals surface area contributed by atoms with Gasteiger partial charge in [-0.3, -0.25) is 4.79 Å². The Morgan fingerprint density at radius 1 is 1.18 bits per heavy atom. The van der Waals surface area contributed by atoms with Crippen molar-refractivity contribution in [3.63, 3.8) is 0 Å². The van der Waals surface area contributed by atoms with Crippen molar-refractivity contribution in [1.29, 1.82) is 5.26 Å². The number of fused-ring (bicyclic) bond motifs is 2. The van der Waals surface area contributed by atoms with Crippen molar-refractivity contribution >= 4 is 16.8 Å². The van der Waals surface area contributed by atoms with Gasteiger partial charge in [-0.05, 0) is 30.7 Å². The number of rotatable bonds is 4. The number of hydrogen-bond donors (Lipinski definition) is 1. The summed E-state index contributed by atoms with van der Waals surface area (Å²) in [6, 6.07) is 15.6. The predicted octanol–water partition coefficient (Wildman–Crippen LogP) is 3.30. The molecule has 0 fully saturated rings. The fourth-order valence-corrected chi connectivity index (χ4v) is 3.49. The normalized spacial score (nSPS) is 13.0. The van der Waals surface area contributed by atoms with E-state index in [0.29, 0.717) is 25.3 Å². The van der Waals surface area contributed by atoms with E-state index in [1.807, 2.05) is 54.0 Å². The molecule has 0 aliphatic carbocycles. The number of amides is 1. The lowest BCUT2D eigenvalue weighted by molar-refractivity contribution is -0.121.